The summed E-state index contributed by atoms with van der Waals surface area (Å²) in [5.74, 6) is -2.00. The van der Waals surface area contributed by atoms with Crippen molar-refractivity contribution in [3.63, 3.8) is 0 Å². The van der Waals surface area contributed by atoms with Crippen LogP contribution in [0.2, 0.25) is 0 Å². The molecule has 36 heavy (non-hydrogen) atoms. The number of fused-ring (bicyclic) bond motifs is 1. The lowest BCUT2D eigenvalue weighted by atomic mass is 10.1. The molecule has 5 N–H and O–H groups in total. The van der Waals surface area contributed by atoms with Crippen molar-refractivity contribution in [1.82, 2.24) is 20.6 Å². The van der Waals surface area contributed by atoms with Crippen LogP contribution in [-0.2, 0) is 6.54 Å². The van der Waals surface area contributed by atoms with E-state index >= 15 is 0 Å². The molecule has 2 aromatic heterocycles. The Bertz CT molecular complexity index is 1320. The Labute approximate surface area is 209 Å². The largest absolute Gasteiger partial charge is 0.504 e. The fourth-order valence-corrected chi connectivity index (χ4v) is 5.67. The zero-order valence-electron chi connectivity index (χ0n) is 19.9. The number of pyridine rings is 2. The summed E-state index contributed by atoms with van der Waals surface area (Å²) in [7, 11) is -3.16. The molecular formula is C24H28FN5O5S. The zero-order chi connectivity index (χ0) is 26.0. The lowest BCUT2D eigenvalue weighted by Gasteiger charge is -2.47. The summed E-state index contributed by atoms with van der Waals surface area (Å²) in [5.41, 5.74) is 0.176. The molecule has 10 nitrogen and oxygen atoms in total. The maximum atomic E-state index is 13.8. The van der Waals surface area contributed by atoms with E-state index in [9.17, 15) is 28.2 Å². The van der Waals surface area contributed by atoms with Crippen LogP contribution in [0, 0.1) is 5.82 Å². The van der Waals surface area contributed by atoms with Crippen molar-refractivity contribution in [2.45, 2.75) is 39.3 Å². The van der Waals surface area contributed by atoms with Crippen molar-refractivity contribution in [2.75, 3.05) is 16.6 Å². The normalized spacial score (nSPS) is 16.1. The molecule has 2 amide bonds. The highest BCUT2D eigenvalue weighted by atomic mass is 32.3. The van der Waals surface area contributed by atoms with Crippen molar-refractivity contribution in [3.8, 4) is 5.75 Å². The van der Waals surface area contributed by atoms with Gasteiger partial charge in [0.2, 0.25) is 0 Å². The van der Waals surface area contributed by atoms with Gasteiger partial charge in [0.05, 0.1) is 5.75 Å². The topological polar surface area (TPSA) is 148 Å². The predicted octanol–water partition coefficient (Wildman–Crippen LogP) is 3.81. The first-order chi connectivity index (χ1) is 17.1. The van der Waals surface area contributed by atoms with E-state index in [4.69, 9.17) is 0 Å². The maximum absolute atomic E-state index is 13.8. The van der Waals surface area contributed by atoms with Gasteiger partial charge in [-0.2, -0.15) is 0 Å². The summed E-state index contributed by atoms with van der Waals surface area (Å²) in [6.45, 7) is 3.72. The standard InChI is InChI=1S/C24H28FN5O5S/c1-14(2)28-23(32)18-12-16(25)8-7-15(18)13-27-24(33)20-21(31)19-17(6-5-9-26-19)22(29-20)30-10-3-4-11-36(30,34)35/h5-9,12,14,31,34-35H,3-4,10-11,13H2,1-2H3,(H,27,33)(H,28,32). The second kappa shape index (κ2) is 10.2. The molecule has 0 bridgehead atoms. The van der Waals surface area contributed by atoms with Crippen LogP contribution in [0.5, 0.6) is 5.75 Å². The van der Waals surface area contributed by atoms with E-state index in [-0.39, 0.29) is 40.9 Å². The third-order valence-corrected chi connectivity index (χ3v) is 7.62. The second-order valence-corrected chi connectivity index (χ2v) is 10.9. The predicted molar refractivity (Wildman–Crippen MR) is 136 cm³/mol. The molecule has 3 aromatic rings. The number of hydrogen-bond donors (Lipinski definition) is 5. The molecule has 0 unspecified atom stereocenters. The Kier molecular flexibility index (Phi) is 7.29. The molecule has 1 aliphatic rings. The number of amides is 2. The SMILES string of the molecule is CC(C)NC(=O)c1cc(F)ccc1CNC(=O)c1nc(N2CCCCS2(O)O)c2cccnc2c1O. The number of aromatic hydroxyl groups is 1. The van der Waals surface area contributed by atoms with E-state index in [1.807, 2.05) is 0 Å². The van der Waals surface area contributed by atoms with Gasteiger partial charge in [-0.05, 0) is 56.5 Å². The van der Waals surface area contributed by atoms with E-state index in [2.05, 4.69) is 20.6 Å². The number of nitrogens with zero attached hydrogens (tertiary/aromatic N) is 3. The van der Waals surface area contributed by atoms with Gasteiger partial charge in [-0.1, -0.05) is 6.07 Å². The first-order valence-corrected chi connectivity index (χ1v) is 13.1. The molecule has 1 aromatic carbocycles. The van der Waals surface area contributed by atoms with Crippen molar-refractivity contribution in [2.24, 2.45) is 0 Å². The van der Waals surface area contributed by atoms with Gasteiger partial charge in [0.15, 0.2) is 17.3 Å². The monoisotopic (exact) mass is 517 g/mol. The maximum Gasteiger partial charge on any atom is 0.274 e. The fourth-order valence-electron chi connectivity index (χ4n) is 4.02. The van der Waals surface area contributed by atoms with Crippen LogP contribution in [0.15, 0.2) is 36.5 Å². The molecule has 192 valence electrons. The van der Waals surface area contributed by atoms with E-state index in [0.29, 0.717) is 30.3 Å². The minimum atomic E-state index is -3.16. The number of rotatable bonds is 6. The van der Waals surface area contributed by atoms with Crippen LogP contribution in [0.4, 0.5) is 10.2 Å². The number of carbonyl (C=O) groups excluding carboxylic acids is 2. The number of anilines is 1. The Morgan fingerprint density at radius 3 is 2.69 bits per heavy atom. The van der Waals surface area contributed by atoms with Gasteiger partial charge in [0, 0.05) is 36.3 Å². The van der Waals surface area contributed by atoms with Crippen LogP contribution in [0.3, 0.4) is 0 Å². The van der Waals surface area contributed by atoms with Crippen LogP contribution >= 0.6 is 10.8 Å². The number of hydrogen-bond acceptors (Lipinski definition) is 8. The lowest BCUT2D eigenvalue weighted by Crippen LogP contribution is -2.35. The minimum Gasteiger partial charge on any atom is -0.504 e. The molecule has 1 aliphatic heterocycles. The summed E-state index contributed by atoms with van der Waals surface area (Å²) in [4.78, 5) is 34.2. The number of nitrogens with one attached hydrogen (secondary N) is 2. The van der Waals surface area contributed by atoms with E-state index in [1.54, 1.807) is 26.0 Å². The summed E-state index contributed by atoms with van der Waals surface area (Å²) >= 11 is 0. The Morgan fingerprint density at radius 2 is 1.97 bits per heavy atom. The number of aromatic nitrogens is 2. The molecular weight excluding hydrogens is 489 g/mol. The summed E-state index contributed by atoms with van der Waals surface area (Å²) < 4.78 is 36.5. The van der Waals surface area contributed by atoms with Gasteiger partial charge in [-0.15, -0.1) is 10.8 Å². The molecule has 12 heteroatoms. The molecule has 3 heterocycles. The van der Waals surface area contributed by atoms with Gasteiger partial charge < -0.3 is 15.7 Å². The first kappa shape index (κ1) is 25.6. The highest BCUT2D eigenvalue weighted by Crippen LogP contribution is 2.51. The van der Waals surface area contributed by atoms with Gasteiger partial charge >= 0.3 is 0 Å². The van der Waals surface area contributed by atoms with Crippen LogP contribution in [0.1, 0.15) is 53.1 Å². The van der Waals surface area contributed by atoms with Crippen LogP contribution in [0.25, 0.3) is 10.9 Å². The highest BCUT2D eigenvalue weighted by molar-refractivity contribution is 8.25. The summed E-state index contributed by atoms with van der Waals surface area (Å²) in [5, 5.41) is 16.5. The van der Waals surface area contributed by atoms with Gasteiger partial charge in [-0.3, -0.25) is 28.0 Å². The summed E-state index contributed by atoms with van der Waals surface area (Å²) in [6.07, 6.45) is 2.79. The Morgan fingerprint density at radius 1 is 1.19 bits per heavy atom. The Balaban J connectivity index is 1.68. The fraction of sp³-hybridized carbons (Fsp3) is 0.333. The molecule has 0 aliphatic carbocycles. The molecule has 0 atom stereocenters. The van der Waals surface area contributed by atoms with E-state index in [0.717, 1.165) is 6.07 Å². The average Bonchev–Trinajstić information content (AvgIpc) is 2.83. The highest BCUT2D eigenvalue weighted by Gasteiger charge is 2.31. The first-order valence-electron chi connectivity index (χ1n) is 11.5. The van der Waals surface area contributed by atoms with E-state index in [1.165, 1.54) is 22.6 Å². The summed E-state index contributed by atoms with van der Waals surface area (Å²) in [6, 6.07) is 6.76. The molecule has 4 rings (SSSR count). The van der Waals surface area contributed by atoms with Crippen LogP contribution in [-0.4, -0.2) is 54.3 Å². The third-order valence-electron chi connectivity index (χ3n) is 5.72. The zero-order valence-corrected chi connectivity index (χ0v) is 20.7. The quantitative estimate of drug-likeness (QED) is 0.332. The van der Waals surface area contributed by atoms with Gasteiger partial charge in [0.1, 0.15) is 11.3 Å². The molecule has 0 spiro atoms. The molecule has 1 saturated heterocycles. The lowest BCUT2D eigenvalue weighted by molar-refractivity contribution is 0.0926. The average molecular weight is 518 g/mol. The van der Waals surface area contributed by atoms with Crippen molar-refractivity contribution in [1.29, 1.82) is 0 Å². The molecule has 0 saturated carbocycles. The number of halogens is 1. The number of benzene rings is 1. The third kappa shape index (κ3) is 5.20. The second-order valence-electron chi connectivity index (χ2n) is 8.79. The van der Waals surface area contributed by atoms with E-state index < -0.39 is 34.2 Å². The van der Waals surface area contributed by atoms with Crippen molar-refractivity contribution < 1.29 is 28.2 Å². The Hall–Kier alpha value is -3.48. The van der Waals surface area contributed by atoms with Crippen LogP contribution < -0.4 is 14.9 Å². The minimum absolute atomic E-state index is 0.0734. The van der Waals surface area contributed by atoms with Gasteiger partial charge in [-0.25, -0.2) is 9.37 Å². The molecule has 1 fully saturated rings. The molecule has 0 radical (unpaired) electrons. The van der Waals surface area contributed by atoms with Gasteiger partial charge in [0.25, 0.3) is 11.8 Å². The number of carbonyl (C=O) groups is 2. The van der Waals surface area contributed by atoms with Crippen molar-refractivity contribution in [3.05, 3.63) is 59.2 Å². The smallest absolute Gasteiger partial charge is 0.274 e. The van der Waals surface area contributed by atoms with Crippen molar-refractivity contribution >= 4 is 39.3 Å².